The van der Waals surface area contributed by atoms with Crippen molar-refractivity contribution < 1.29 is 4.74 Å². The zero-order chi connectivity index (χ0) is 16.4. The quantitative estimate of drug-likeness (QED) is 0.886. The molecule has 2 aliphatic rings. The van der Waals surface area contributed by atoms with Gasteiger partial charge in [0.1, 0.15) is 5.75 Å². The lowest BCUT2D eigenvalue weighted by Crippen LogP contribution is -2.28. The molecule has 3 heteroatoms. The SMILES string of the molecule is N[C@@H]1CN(Cc2ccc(OCC3CC3)cc2)C[C@H]1c1ccccc1. The Hall–Kier alpha value is -1.84. The standard InChI is InChI=1S/C21H26N2O/c22-21-14-23(13-20(21)18-4-2-1-3-5-18)12-16-8-10-19(11-9-16)24-15-17-6-7-17/h1-5,8-11,17,20-21H,6-7,12-15,22H2/t20-,21+/m0/s1. The van der Waals surface area contributed by atoms with Gasteiger partial charge in [0, 0.05) is 31.6 Å². The van der Waals surface area contributed by atoms with Gasteiger partial charge in [0.15, 0.2) is 0 Å². The van der Waals surface area contributed by atoms with E-state index < -0.39 is 0 Å². The summed E-state index contributed by atoms with van der Waals surface area (Å²) >= 11 is 0. The number of hydrogen-bond donors (Lipinski definition) is 1. The minimum absolute atomic E-state index is 0.216. The lowest BCUT2D eigenvalue weighted by atomic mass is 9.95. The molecular weight excluding hydrogens is 296 g/mol. The summed E-state index contributed by atoms with van der Waals surface area (Å²) in [4.78, 5) is 2.46. The average Bonchev–Trinajstić information content (AvgIpc) is 3.37. The highest BCUT2D eigenvalue weighted by molar-refractivity contribution is 5.28. The first-order valence-electron chi connectivity index (χ1n) is 9.02. The largest absolute Gasteiger partial charge is 0.493 e. The maximum absolute atomic E-state index is 6.39. The summed E-state index contributed by atoms with van der Waals surface area (Å²) in [7, 11) is 0. The van der Waals surface area contributed by atoms with Crippen molar-refractivity contribution in [1.29, 1.82) is 0 Å². The van der Waals surface area contributed by atoms with E-state index in [1.165, 1.54) is 24.0 Å². The smallest absolute Gasteiger partial charge is 0.119 e. The van der Waals surface area contributed by atoms with Crippen molar-refractivity contribution in [3.8, 4) is 5.75 Å². The fourth-order valence-electron chi connectivity index (χ4n) is 3.54. The van der Waals surface area contributed by atoms with Crippen LogP contribution < -0.4 is 10.5 Å². The molecule has 1 heterocycles. The topological polar surface area (TPSA) is 38.5 Å². The highest BCUT2D eigenvalue weighted by Crippen LogP contribution is 2.30. The van der Waals surface area contributed by atoms with Gasteiger partial charge in [-0.1, -0.05) is 42.5 Å². The summed E-state index contributed by atoms with van der Waals surface area (Å²) in [5.74, 6) is 2.23. The molecule has 1 aliphatic carbocycles. The van der Waals surface area contributed by atoms with Crippen LogP contribution in [0.1, 0.15) is 29.9 Å². The Bertz CT molecular complexity index is 651. The van der Waals surface area contributed by atoms with E-state index in [9.17, 15) is 0 Å². The molecule has 0 aromatic heterocycles. The summed E-state index contributed by atoms with van der Waals surface area (Å²) < 4.78 is 5.81. The van der Waals surface area contributed by atoms with Gasteiger partial charge in [-0.25, -0.2) is 0 Å². The van der Waals surface area contributed by atoms with Gasteiger partial charge in [-0.15, -0.1) is 0 Å². The maximum Gasteiger partial charge on any atom is 0.119 e. The predicted octanol–water partition coefficient (Wildman–Crippen LogP) is 3.40. The van der Waals surface area contributed by atoms with Crippen LogP contribution in [-0.4, -0.2) is 30.6 Å². The van der Waals surface area contributed by atoms with Gasteiger partial charge in [0.2, 0.25) is 0 Å². The van der Waals surface area contributed by atoms with E-state index in [-0.39, 0.29) is 6.04 Å². The zero-order valence-corrected chi connectivity index (χ0v) is 14.1. The Morgan fingerprint density at radius 2 is 1.71 bits per heavy atom. The molecular formula is C21H26N2O. The molecule has 1 saturated heterocycles. The van der Waals surface area contributed by atoms with Gasteiger partial charge >= 0.3 is 0 Å². The van der Waals surface area contributed by atoms with Crippen LogP contribution in [0, 0.1) is 5.92 Å². The van der Waals surface area contributed by atoms with Crippen molar-refractivity contribution in [2.24, 2.45) is 11.7 Å². The van der Waals surface area contributed by atoms with Crippen molar-refractivity contribution in [1.82, 2.24) is 4.90 Å². The molecule has 126 valence electrons. The van der Waals surface area contributed by atoms with Crippen molar-refractivity contribution in [2.75, 3.05) is 19.7 Å². The van der Waals surface area contributed by atoms with Gasteiger partial charge in [-0.05, 0) is 42.0 Å². The van der Waals surface area contributed by atoms with E-state index in [1.807, 2.05) is 0 Å². The summed E-state index contributed by atoms with van der Waals surface area (Å²) in [6.07, 6.45) is 2.66. The molecule has 2 atom stereocenters. The van der Waals surface area contributed by atoms with Crippen LogP contribution in [0.2, 0.25) is 0 Å². The highest BCUT2D eigenvalue weighted by Gasteiger charge is 2.30. The first kappa shape index (κ1) is 15.7. The molecule has 1 aliphatic heterocycles. The fraction of sp³-hybridized carbons (Fsp3) is 0.429. The van der Waals surface area contributed by atoms with E-state index in [0.29, 0.717) is 5.92 Å². The van der Waals surface area contributed by atoms with E-state index in [1.54, 1.807) is 0 Å². The van der Waals surface area contributed by atoms with E-state index in [4.69, 9.17) is 10.5 Å². The first-order chi connectivity index (χ1) is 11.8. The molecule has 2 aromatic rings. The highest BCUT2D eigenvalue weighted by atomic mass is 16.5. The third kappa shape index (κ3) is 3.80. The van der Waals surface area contributed by atoms with Crippen LogP contribution in [0.3, 0.4) is 0 Å². The maximum atomic E-state index is 6.39. The van der Waals surface area contributed by atoms with Crippen LogP contribution in [0.5, 0.6) is 5.75 Å². The summed E-state index contributed by atoms with van der Waals surface area (Å²) in [6.45, 7) is 3.82. The molecule has 2 N–H and O–H groups in total. The number of ether oxygens (including phenoxy) is 1. The molecule has 0 radical (unpaired) electrons. The molecule has 1 saturated carbocycles. The predicted molar refractivity (Wildman–Crippen MR) is 97.1 cm³/mol. The Morgan fingerprint density at radius 3 is 2.42 bits per heavy atom. The average molecular weight is 322 g/mol. The second-order valence-corrected chi connectivity index (χ2v) is 7.27. The third-order valence-corrected chi connectivity index (χ3v) is 5.18. The Kier molecular flexibility index (Phi) is 4.54. The van der Waals surface area contributed by atoms with Crippen LogP contribution in [0.25, 0.3) is 0 Å². The molecule has 0 amide bonds. The molecule has 4 rings (SSSR count). The van der Waals surface area contributed by atoms with Crippen molar-refractivity contribution in [3.05, 3.63) is 65.7 Å². The molecule has 2 fully saturated rings. The molecule has 0 bridgehead atoms. The minimum Gasteiger partial charge on any atom is -0.493 e. The molecule has 0 unspecified atom stereocenters. The van der Waals surface area contributed by atoms with Gasteiger partial charge in [0.05, 0.1) is 6.61 Å². The van der Waals surface area contributed by atoms with Crippen molar-refractivity contribution in [3.63, 3.8) is 0 Å². The number of nitrogens with two attached hydrogens (primary N) is 1. The number of rotatable bonds is 6. The lowest BCUT2D eigenvalue weighted by Gasteiger charge is -2.16. The molecule has 3 nitrogen and oxygen atoms in total. The minimum atomic E-state index is 0.216. The normalized spacial score (nSPS) is 24.2. The number of hydrogen-bond acceptors (Lipinski definition) is 3. The van der Waals surface area contributed by atoms with Crippen LogP contribution in [0.4, 0.5) is 0 Å². The Balaban J connectivity index is 1.33. The van der Waals surface area contributed by atoms with Gasteiger partial charge in [0.25, 0.3) is 0 Å². The number of benzene rings is 2. The Labute approximate surface area is 144 Å². The number of likely N-dealkylation sites (tertiary alicyclic amines) is 1. The van der Waals surface area contributed by atoms with Gasteiger partial charge in [-0.2, -0.15) is 0 Å². The Morgan fingerprint density at radius 1 is 0.958 bits per heavy atom. The van der Waals surface area contributed by atoms with Gasteiger partial charge in [-0.3, -0.25) is 4.90 Å². The second kappa shape index (κ2) is 6.96. The number of nitrogens with zero attached hydrogens (tertiary/aromatic N) is 1. The van der Waals surface area contributed by atoms with Crippen LogP contribution in [0.15, 0.2) is 54.6 Å². The summed E-state index contributed by atoms with van der Waals surface area (Å²) in [5.41, 5.74) is 9.08. The lowest BCUT2D eigenvalue weighted by molar-refractivity contribution is 0.299. The zero-order valence-electron chi connectivity index (χ0n) is 14.1. The second-order valence-electron chi connectivity index (χ2n) is 7.27. The monoisotopic (exact) mass is 322 g/mol. The van der Waals surface area contributed by atoms with E-state index >= 15 is 0 Å². The van der Waals surface area contributed by atoms with Crippen molar-refractivity contribution >= 4 is 0 Å². The molecule has 2 aromatic carbocycles. The summed E-state index contributed by atoms with van der Waals surface area (Å²) in [5, 5.41) is 0. The van der Waals surface area contributed by atoms with Crippen LogP contribution in [-0.2, 0) is 6.54 Å². The summed E-state index contributed by atoms with van der Waals surface area (Å²) in [6, 6.07) is 19.4. The fourth-order valence-corrected chi connectivity index (χ4v) is 3.54. The van der Waals surface area contributed by atoms with Crippen molar-refractivity contribution in [2.45, 2.75) is 31.3 Å². The van der Waals surface area contributed by atoms with E-state index in [2.05, 4.69) is 59.5 Å². The first-order valence-corrected chi connectivity index (χ1v) is 9.02. The van der Waals surface area contributed by atoms with Gasteiger partial charge < -0.3 is 10.5 Å². The van der Waals surface area contributed by atoms with E-state index in [0.717, 1.165) is 37.9 Å². The third-order valence-electron chi connectivity index (χ3n) is 5.18. The molecule has 24 heavy (non-hydrogen) atoms. The molecule has 0 spiro atoms. The van der Waals surface area contributed by atoms with Crippen LogP contribution >= 0.6 is 0 Å².